The summed E-state index contributed by atoms with van der Waals surface area (Å²) in [4.78, 5) is 16.5. The van der Waals surface area contributed by atoms with Crippen LogP contribution in [0.25, 0.3) is 0 Å². The molecule has 0 atom stereocenters. The Hall–Kier alpha value is -2.76. The fourth-order valence-electron chi connectivity index (χ4n) is 2.25. The van der Waals surface area contributed by atoms with Crippen molar-refractivity contribution in [2.45, 2.75) is 0 Å². The first kappa shape index (κ1) is 18.0. The Morgan fingerprint density at radius 3 is 2.46 bits per heavy atom. The molecule has 2 aromatic carbocycles. The Morgan fingerprint density at radius 1 is 1.00 bits per heavy atom. The lowest BCUT2D eigenvalue weighted by molar-refractivity contribution is 0.102. The summed E-state index contributed by atoms with van der Waals surface area (Å²) in [5.74, 6) is 0.396. The predicted octanol–water partition coefficient (Wildman–Crippen LogP) is 5.39. The van der Waals surface area contributed by atoms with Gasteiger partial charge in [0.05, 0.1) is 17.8 Å². The summed E-state index contributed by atoms with van der Waals surface area (Å²) in [6, 6.07) is 15.6. The number of aromatic nitrogens is 1. The van der Waals surface area contributed by atoms with Gasteiger partial charge < -0.3 is 15.4 Å². The molecule has 1 amide bonds. The van der Waals surface area contributed by atoms with Crippen LogP contribution in [-0.2, 0) is 0 Å². The van der Waals surface area contributed by atoms with E-state index in [1.165, 1.54) is 0 Å². The second-order valence-corrected chi connectivity index (χ2v) is 6.21. The van der Waals surface area contributed by atoms with Crippen molar-refractivity contribution in [3.8, 4) is 5.75 Å². The number of carbonyl (C=O) groups excluding carboxylic acids is 1. The van der Waals surface area contributed by atoms with E-state index in [-0.39, 0.29) is 11.6 Å². The minimum absolute atomic E-state index is 0.274. The molecule has 1 aromatic heterocycles. The number of halogens is 2. The largest absolute Gasteiger partial charge is 0.497 e. The molecule has 0 saturated carbocycles. The van der Waals surface area contributed by atoms with Gasteiger partial charge in [0, 0.05) is 22.6 Å². The first-order valence-corrected chi connectivity index (χ1v) is 8.44. The van der Waals surface area contributed by atoms with Crippen molar-refractivity contribution in [2.24, 2.45) is 0 Å². The molecule has 0 bridgehead atoms. The van der Waals surface area contributed by atoms with Crippen LogP contribution in [-0.4, -0.2) is 18.0 Å². The summed E-state index contributed by atoms with van der Waals surface area (Å²) in [5, 5.41) is 6.97. The van der Waals surface area contributed by atoms with Gasteiger partial charge in [0.15, 0.2) is 0 Å². The van der Waals surface area contributed by atoms with Gasteiger partial charge in [-0.1, -0.05) is 23.2 Å². The Labute approximate surface area is 160 Å². The molecule has 5 nitrogen and oxygen atoms in total. The van der Waals surface area contributed by atoms with E-state index in [1.807, 2.05) is 0 Å². The van der Waals surface area contributed by atoms with Gasteiger partial charge in [-0.2, -0.15) is 0 Å². The van der Waals surface area contributed by atoms with Crippen LogP contribution in [0, 0.1) is 0 Å². The fraction of sp³-hybridized carbons (Fsp3) is 0.0526. The normalized spacial score (nSPS) is 10.3. The highest BCUT2D eigenvalue weighted by Crippen LogP contribution is 2.28. The smallest absolute Gasteiger partial charge is 0.274 e. The van der Waals surface area contributed by atoms with Crippen molar-refractivity contribution < 1.29 is 9.53 Å². The van der Waals surface area contributed by atoms with Gasteiger partial charge in [-0.05, 0) is 54.6 Å². The molecule has 2 N–H and O–H groups in total. The summed E-state index contributed by atoms with van der Waals surface area (Å²) >= 11 is 12.1. The van der Waals surface area contributed by atoms with Gasteiger partial charge in [-0.15, -0.1) is 0 Å². The monoisotopic (exact) mass is 387 g/mol. The lowest BCUT2D eigenvalue weighted by atomic mass is 10.2. The number of nitrogens with one attached hydrogen (secondary N) is 2. The van der Waals surface area contributed by atoms with Crippen molar-refractivity contribution in [2.75, 3.05) is 17.7 Å². The molecule has 0 unspecified atom stereocenters. The number of rotatable bonds is 5. The molecule has 0 radical (unpaired) electrons. The van der Waals surface area contributed by atoms with Crippen LogP contribution in [0.15, 0.2) is 60.8 Å². The number of benzene rings is 2. The lowest BCUT2D eigenvalue weighted by Crippen LogP contribution is -2.13. The number of hydrogen-bond donors (Lipinski definition) is 2. The zero-order valence-electron chi connectivity index (χ0n) is 13.8. The number of amides is 1. The topological polar surface area (TPSA) is 63.2 Å². The van der Waals surface area contributed by atoms with E-state index >= 15 is 0 Å². The molecular formula is C19H15Cl2N3O2. The van der Waals surface area contributed by atoms with E-state index in [0.29, 0.717) is 32.9 Å². The maximum Gasteiger partial charge on any atom is 0.274 e. The molecule has 0 saturated heterocycles. The SMILES string of the molecule is COc1ccc(NC(=O)c2cc(Nc3ccc(Cl)cc3Cl)ccn2)cc1. The summed E-state index contributed by atoms with van der Waals surface area (Å²) in [5.41, 5.74) is 2.29. The molecule has 0 aliphatic rings. The van der Waals surface area contributed by atoms with Crippen LogP contribution in [0.4, 0.5) is 17.1 Å². The summed E-state index contributed by atoms with van der Waals surface area (Å²) in [6.07, 6.45) is 1.55. The highest BCUT2D eigenvalue weighted by Gasteiger charge is 2.10. The van der Waals surface area contributed by atoms with Gasteiger partial charge in [0.1, 0.15) is 11.4 Å². The van der Waals surface area contributed by atoms with Crippen LogP contribution in [0.5, 0.6) is 5.75 Å². The Balaban J connectivity index is 1.74. The number of pyridine rings is 1. The maximum atomic E-state index is 12.4. The predicted molar refractivity (Wildman–Crippen MR) is 105 cm³/mol. The zero-order valence-corrected chi connectivity index (χ0v) is 15.3. The average molecular weight is 388 g/mol. The van der Waals surface area contributed by atoms with Crippen molar-refractivity contribution in [3.63, 3.8) is 0 Å². The summed E-state index contributed by atoms with van der Waals surface area (Å²) < 4.78 is 5.10. The maximum absolute atomic E-state index is 12.4. The zero-order chi connectivity index (χ0) is 18.5. The van der Waals surface area contributed by atoms with Crippen LogP contribution >= 0.6 is 23.2 Å². The molecule has 7 heteroatoms. The fourth-order valence-corrected chi connectivity index (χ4v) is 2.70. The molecule has 1 heterocycles. The number of nitrogens with zero attached hydrogens (tertiary/aromatic N) is 1. The second kappa shape index (κ2) is 8.08. The molecule has 3 aromatic rings. The number of ether oxygens (including phenoxy) is 1. The van der Waals surface area contributed by atoms with E-state index in [9.17, 15) is 4.79 Å². The van der Waals surface area contributed by atoms with E-state index in [2.05, 4.69) is 15.6 Å². The average Bonchev–Trinajstić information content (AvgIpc) is 2.65. The van der Waals surface area contributed by atoms with Gasteiger partial charge in [-0.25, -0.2) is 0 Å². The Bertz CT molecular complexity index is 930. The van der Waals surface area contributed by atoms with E-state index in [4.69, 9.17) is 27.9 Å². The first-order chi connectivity index (χ1) is 12.5. The first-order valence-electron chi connectivity index (χ1n) is 7.69. The van der Waals surface area contributed by atoms with Crippen LogP contribution in [0.1, 0.15) is 10.5 Å². The second-order valence-electron chi connectivity index (χ2n) is 5.36. The number of carbonyl (C=O) groups is 1. The summed E-state index contributed by atoms with van der Waals surface area (Å²) in [6.45, 7) is 0. The number of methoxy groups -OCH3 is 1. The van der Waals surface area contributed by atoms with Gasteiger partial charge >= 0.3 is 0 Å². The number of anilines is 3. The summed E-state index contributed by atoms with van der Waals surface area (Å²) in [7, 11) is 1.59. The highest BCUT2D eigenvalue weighted by molar-refractivity contribution is 6.36. The van der Waals surface area contributed by atoms with Crippen LogP contribution in [0.3, 0.4) is 0 Å². The molecule has 0 aliphatic carbocycles. The highest BCUT2D eigenvalue weighted by atomic mass is 35.5. The molecule has 3 rings (SSSR count). The third-order valence-corrected chi connectivity index (χ3v) is 4.10. The van der Waals surface area contributed by atoms with Crippen LogP contribution < -0.4 is 15.4 Å². The van der Waals surface area contributed by atoms with E-state index in [1.54, 1.807) is 67.9 Å². The van der Waals surface area contributed by atoms with Gasteiger partial charge in [0.25, 0.3) is 5.91 Å². The minimum Gasteiger partial charge on any atom is -0.497 e. The molecular weight excluding hydrogens is 373 g/mol. The molecule has 0 spiro atoms. The van der Waals surface area contributed by atoms with Crippen molar-refractivity contribution >= 4 is 46.2 Å². The molecule has 132 valence electrons. The van der Waals surface area contributed by atoms with Gasteiger partial charge in [0.2, 0.25) is 0 Å². The minimum atomic E-state index is -0.319. The molecule has 26 heavy (non-hydrogen) atoms. The van der Waals surface area contributed by atoms with Gasteiger partial charge in [-0.3, -0.25) is 9.78 Å². The van der Waals surface area contributed by atoms with E-state index in [0.717, 1.165) is 0 Å². The number of hydrogen-bond acceptors (Lipinski definition) is 4. The van der Waals surface area contributed by atoms with Crippen molar-refractivity contribution in [3.05, 3.63) is 76.5 Å². The standard InChI is InChI=1S/C19H15Cl2N3O2/c1-26-15-5-3-13(4-6-15)24-19(25)18-11-14(8-9-22-18)23-17-7-2-12(20)10-16(17)21/h2-11H,1H3,(H,22,23)(H,24,25). The molecule has 0 fully saturated rings. The van der Waals surface area contributed by atoms with Crippen LogP contribution in [0.2, 0.25) is 10.0 Å². The third kappa shape index (κ3) is 4.45. The Kier molecular flexibility index (Phi) is 5.61. The van der Waals surface area contributed by atoms with E-state index < -0.39 is 0 Å². The van der Waals surface area contributed by atoms with Crippen molar-refractivity contribution in [1.29, 1.82) is 0 Å². The lowest BCUT2D eigenvalue weighted by Gasteiger charge is -2.10. The van der Waals surface area contributed by atoms with Crippen molar-refractivity contribution in [1.82, 2.24) is 4.98 Å². The Morgan fingerprint density at radius 2 is 1.77 bits per heavy atom. The quantitative estimate of drug-likeness (QED) is 0.615. The molecule has 0 aliphatic heterocycles. The third-order valence-electron chi connectivity index (χ3n) is 3.55.